The van der Waals surface area contributed by atoms with Gasteiger partial charge in [-0.2, -0.15) is 0 Å². The molecule has 7 nitrogen and oxygen atoms in total. The molecular formula is C22H21NO6. The average Bonchev–Trinajstić information content (AvgIpc) is 3.20. The van der Waals surface area contributed by atoms with Gasteiger partial charge < -0.3 is 24.3 Å². The molecule has 0 saturated carbocycles. The van der Waals surface area contributed by atoms with Crippen LogP contribution in [0.4, 0.5) is 0 Å². The molecular weight excluding hydrogens is 374 g/mol. The first kappa shape index (κ1) is 20.2. The number of rotatable bonds is 9. The van der Waals surface area contributed by atoms with Crippen molar-refractivity contribution in [1.29, 1.82) is 0 Å². The molecule has 2 aromatic carbocycles. The van der Waals surface area contributed by atoms with Gasteiger partial charge in [-0.05, 0) is 61.0 Å². The van der Waals surface area contributed by atoms with Crippen LogP contribution in [0.2, 0.25) is 0 Å². The van der Waals surface area contributed by atoms with Gasteiger partial charge in [0.05, 0.1) is 18.2 Å². The molecule has 1 amide bonds. The van der Waals surface area contributed by atoms with Gasteiger partial charge in [0.2, 0.25) is 5.91 Å². The largest absolute Gasteiger partial charge is 0.508 e. The van der Waals surface area contributed by atoms with Crippen LogP contribution in [0, 0.1) is 0 Å². The Morgan fingerprint density at radius 2 is 1.97 bits per heavy atom. The topological polar surface area (TPSA) is 98.0 Å². The molecule has 0 aliphatic rings. The Bertz CT molecular complexity index is 1020. The van der Waals surface area contributed by atoms with Crippen LogP contribution in [0.5, 0.6) is 11.5 Å². The molecule has 3 rings (SSSR count). The van der Waals surface area contributed by atoms with E-state index >= 15 is 0 Å². The molecule has 1 aromatic heterocycles. The highest BCUT2D eigenvalue weighted by Gasteiger charge is 2.09. The number of fused-ring (bicyclic) bond motifs is 1. The van der Waals surface area contributed by atoms with Crippen molar-refractivity contribution in [2.75, 3.05) is 19.9 Å². The first-order valence-electron chi connectivity index (χ1n) is 9.06. The Kier molecular flexibility index (Phi) is 6.65. The van der Waals surface area contributed by atoms with Crippen molar-refractivity contribution in [3.63, 3.8) is 0 Å². The number of amides is 1. The van der Waals surface area contributed by atoms with E-state index in [0.29, 0.717) is 29.1 Å². The molecule has 150 valence electrons. The van der Waals surface area contributed by atoms with E-state index in [0.717, 1.165) is 5.39 Å². The van der Waals surface area contributed by atoms with E-state index in [1.807, 2.05) is 6.92 Å². The number of Topliss-reactive ketones (excluding diaryl/α,β-unsaturated/α-hetero) is 1. The predicted octanol–water partition coefficient (Wildman–Crippen LogP) is 3.52. The summed E-state index contributed by atoms with van der Waals surface area (Å²) in [5, 5.41) is 12.6. The maximum Gasteiger partial charge on any atom is 0.244 e. The summed E-state index contributed by atoms with van der Waals surface area (Å²) in [6.07, 6.45) is 4.50. The van der Waals surface area contributed by atoms with Crippen molar-refractivity contribution in [2.24, 2.45) is 0 Å². The number of phenolic OH excluding ortho intramolecular Hbond substituents is 1. The van der Waals surface area contributed by atoms with E-state index in [1.165, 1.54) is 30.3 Å². The molecule has 7 heteroatoms. The fraction of sp³-hybridized carbons (Fsp3) is 0.182. The normalized spacial score (nSPS) is 11.1. The lowest BCUT2D eigenvalue weighted by atomic mass is 10.1. The molecule has 0 fully saturated rings. The minimum absolute atomic E-state index is 0.0756. The maximum atomic E-state index is 12.1. The molecule has 0 radical (unpaired) electrons. The summed E-state index contributed by atoms with van der Waals surface area (Å²) in [6, 6.07) is 11.2. The number of furan rings is 1. The third kappa shape index (κ3) is 5.46. The maximum absolute atomic E-state index is 12.1. The van der Waals surface area contributed by atoms with E-state index in [2.05, 4.69) is 5.32 Å². The number of carbonyl (C=O) groups excluding carboxylic acids is 2. The van der Waals surface area contributed by atoms with Crippen LogP contribution < -0.4 is 10.1 Å². The molecule has 3 aromatic rings. The smallest absolute Gasteiger partial charge is 0.244 e. The second-order valence-corrected chi connectivity index (χ2v) is 6.13. The Labute approximate surface area is 167 Å². The molecule has 0 aliphatic heterocycles. The fourth-order valence-corrected chi connectivity index (χ4v) is 2.61. The fourth-order valence-electron chi connectivity index (χ4n) is 2.61. The zero-order valence-electron chi connectivity index (χ0n) is 15.9. The van der Waals surface area contributed by atoms with Crippen molar-refractivity contribution >= 4 is 28.7 Å². The van der Waals surface area contributed by atoms with Gasteiger partial charge in [-0.3, -0.25) is 9.59 Å². The molecule has 29 heavy (non-hydrogen) atoms. The summed E-state index contributed by atoms with van der Waals surface area (Å²) in [5.74, 6) is 0.00253. The highest BCUT2D eigenvalue weighted by molar-refractivity contribution is 6.01. The zero-order chi connectivity index (χ0) is 20.6. The molecule has 0 bridgehead atoms. The van der Waals surface area contributed by atoms with E-state index in [4.69, 9.17) is 13.9 Å². The molecule has 0 unspecified atom stereocenters. The first-order chi connectivity index (χ1) is 14.1. The predicted molar refractivity (Wildman–Crippen MR) is 108 cm³/mol. The van der Waals surface area contributed by atoms with Crippen LogP contribution in [0.1, 0.15) is 22.8 Å². The third-order valence-electron chi connectivity index (χ3n) is 4.10. The van der Waals surface area contributed by atoms with Crippen LogP contribution in [-0.4, -0.2) is 36.7 Å². The van der Waals surface area contributed by atoms with Crippen molar-refractivity contribution in [2.45, 2.75) is 6.92 Å². The second-order valence-electron chi connectivity index (χ2n) is 6.13. The first-order valence-corrected chi connectivity index (χ1v) is 9.06. The van der Waals surface area contributed by atoms with Gasteiger partial charge in [0, 0.05) is 18.2 Å². The van der Waals surface area contributed by atoms with Gasteiger partial charge in [0.25, 0.3) is 0 Å². The summed E-state index contributed by atoms with van der Waals surface area (Å²) in [6.45, 7) is 2.38. The number of ketones is 1. The summed E-state index contributed by atoms with van der Waals surface area (Å²) >= 11 is 0. The summed E-state index contributed by atoms with van der Waals surface area (Å²) in [4.78, 5) is 24.1. The number of aromatic hydroxyl groups is 1. The van der Waals surface area contributed by atoms with Crippen molar-refractivity contribution in [1.82, 2.24) is 5.32 Å². The van der Waals surface area contributed by atoms with Crippen LogP contribution in [0.3, 0.4) is 0 Å². The monoisotopic (exact) mass is 395 g/mol. The summed E-state index contributed by atoms with van der Waals surface area (Å²) < 4.78 is 16.3. The SMILES string of the molecule is CCOCOc1cc(/C=C/C(=O)NCC(=O)c2ccc(O)cc2)cc2occc12. The minimum Gasteiger partial charge on any atom is -0.508 e. The average molecular weight is 395 g/mol. The van der Waals surface area contributed by atoms with Crippen LogP contribution in [0.15, 0.2) is 59.2 Å². The van der Waals surface area contributed by atoms with Crippen LogP contribution in [-0.2, 0) is 9.53 Å². The Hall–Kier alpha value is -3.58. The van der Waals surface area contributed by atoms with E-state index in [1.54, 1.807) is 30.5 Å². The number of benzene rings is 2. The molecule has 2 N–H and O–H groups in total. The molecule has 0 atom stereocenters. The van der Waals surface area contributed by atoms with Gasteiger partial charge in [-0.1, -0.05) is 0 Å². The Morgan fingerprint density at radius 3 is 2.72 bits per heavy atom. The zero-order valence-corrected chi connectivity index (χ0v) is 15.9. The highest BCUT2D eigenvalue weighted by Crippen LogP contribution is 2.29. The van der Waals surface area contributed by atoms with Gasteiger partial charge in [-0.25, -0.2) is 0 Å². The second kappa shape index (κ2) is 9.57. The van der Waals surface area contributed by atoms with E-state index in [9.17, 15) is 14.7 Å². The number of phenols is 1. The van der Waals surface area contributed by atoms with Gasteiger partial charge >= 0.3 is 0 Å². The standard InChI is InChI=1S/C22H21NO6/c1-2-27-14-29-21-12-15(11-20-18(21)9-10-28-20)3-8-22(26)23-13-19(25)16-4-6-17(24)7-5-16/h3-12,24H,2,13-14H2,1H3,(H,23,26)/b8-3+. The lowest BCUT2D eigenvalue weighted by Gasteiger charge is -2.08. The summed E-state index contributed by atoms with van der Waals surface area (Å²) in [7, 11) is 0. The van der Waals surface area contributed by atoms with E-state index in [-0.39, 0.29) is 24.9 Å². The Balaban J connectivity index is 1.62. The van der Waals surface area contributed by atoms with Gasteiger partial charge in [-0.15, -0.1) is 0 Å². The molecule has 0 aliphatic carbocycles. The number of hydrogen-bond donors (Lipinski definition) is 2. The summed E-state index contributed by atoms with van der Waals surface area (Å²) in [5.41, 5.74) is 1.74. The molecule has 1 heterocycles. The quantitative estimate of drug-likeness (QED) is 0.249. The highest BCUT2D eigenvalue weighted by atomic mass is 16.7. The van der Waals surface area contributed by atoms with Crippen molar-refractivity contribution in [3.8, 4) is 11.5 Å². The number of carbonyl (C=O) groups is 2. The third-order valence-corrected chi connectivity index (χ3v) is 4.10. The lowest BCUT2D eigenvalue weighted by molar-refractivity contribution is -0.116. The number of hydrogen-bond acceptors (Lipinski definition) is 6. The Morgan fingerprint density at radius 1 is 1.17 bits per heavy atom. The van der Waals surface area contributed by atoms with Crippen molar-refractivity contribution in [3.05, 3.63) is 65.9 Å². The van der Waals surface area contributed by atoms with Crippen molar-refractivity contribution < 1.29 is 28.6 Å². The van der Waals surface area contributed by atoms with Gasteiger partial charge in [0.1, 0.15) is 17.1 Å². The minimum atomic E-state index is -0.409. The lowest BCUT2D eigenvalue weighted by Crippen LogP contribution is -2.27. The molecule has 0 saturated heterocycles. The van der Waals surface area contributed by atoms with Crippen LogP contribution >= 0.6 is 0 Å². The van der Waals surface area contributed by atoms with E-state index < -0.39 is 5.91 Å². The number of ether oxygens (including phenoxy) is 2. The van der Waals surface area contributed by atoms with Gasteiger partial charge in [0.15, 0.2) is 12.6 Å². The molecule has 0 spiro atoms. The van der Waals surface area contributed by atoms with Crippen LogP contribution in [0.25, 0.3) is 17.0 Å². The number of nitrogens with one attached hydrogen (secondary N) is 1.